The van der Waals surface area contributed by atoms with Gasteiger partial charge in [-0.05, 0) is 12.1 Å². The first-order valence-electron chi connectivity index (χ1n) is 3.32. The Labute approximate surface area is 69.3 Å². The molecule has 58 valence electrons. The van der Waals surface area contributed by atoms with Crippen LogP contribution in [0.5, 0.6) is 0 Å². The summed E-state index contributed by atoms with van der Waals surface area (Å²) in [6.07, 6.45) is 2.55. The van der Waals surface area contributed by atoms with Crippen molar-refractivity contribution in [1.82, 2.24) is 0 Å². The van der Waals surface area contributed by atoms with Crippen LogP contribution in [0.4, 0.5) is 0 Å². The fourth-order valence-corrected chi connectivity index (χ4v) is 0.870. The van der Waals surface area contributed by atoms with Crippen molar-refractivity contribution in [3.8, 4) is 0 Å². The molecule has 0 fully saturated rings. The van der Waals surface area contributed by atoms with Gasteiger partial charge in [-0.3, -0.25) is 0 Å². The van der Waals surface area contributed by atoms with E-state index in [1.54, 1.807) is 24.3 Å². The van der Waals surface area contributed by atoms with Gasteiger partial charge >= 0.3 is 0 Å². The largest absolute Gasteiger partial charge is 0.361 e. The minimum atomic E-state index is 0.692. The summed E-state index contributed by atoms with van der Waals surface area (Å²) in [5, 5.41) is 0. The van der Waals surface area contributed by atoms with Gasteiger partial charge < -0.3 is 11.1 Å². The Morgan fingerprint density at radius 3 is 1.67 bits per heavy atom. The fourth-order valence-electron chi connectivity index (χ4n) is 0.870. The van der Waals surface area contributed by atoms with Crippen LogP contribution in [0.15, 0.2) is 24.3 Å². The highest BCUT2D eigenvalue weighted by atomic mass is 14.8. The summed E-state index contributed by atoms with van der Waals surface area (Å²) >= 11 is 0. The molecule has 0 aliphatic rings. The lowest BCUT2D eigenvalue weighted by molar-refractivity contribution is 0.00243. The standard InChI is InChI=1S/C8H6N4/c9-11-5-7-3-1-2-4-8(7)6-12-10/h1-6H. The first-order chi connectivity index (χ1) is 5.88. The van der Waals surface area contributed by atoms with Crippen LogP contribution in [0.2, 0.25) is 0 Å². The average molecular weight is 158 g/mol. The van der Waals surface area contributed by atoms with Crippen molar-refractivity contribution in [2.45, 2.75) is 0 Å². The number of rotatable bonds is 2. The van der Waals surface area contributed by atoms with Gasteiger partial charge in [0.1, 0.15) is 0 Å². The molecule has 1 aromatic rings. The molecule has 0 bridgehead atoms. The van der Waals surface area contributed by atoms with Gasteiger partial charge in [-0.25, -0.2) is 0 Å². The molecule has 0 heterocycles. The second-order valence-corrected chi connectivity index (χ2v) is 2.12. The van der Waals surface area contributed by atoms with Gasteiger partial charge in [-0.1, -0.05) is 12.1 Å². The second-order valence-electron chi connectivity index (χ2n) is 2.12. The topological polar surface area (TPSA) is 72.8 Å². The molecule has 0 saturated carbocycles. The minimum Gasteiger partial charge on any atom is -0.361 e. The monoisotopic (exact) mass is 158 g/mol. The molecule has 0 saturated heterocycles. The zero-order valence-electron chi connectivity index (χ0n) is 6.25. The van der Waals surface area contributed by atoms with Crippen molar-refractivity contribution in [1.29, 1.82) is 0 Å². The minimum absolute atomic E-state index is 0.692. The van der Waals surface area contributed by atoms with Crippen molar-refractivity contribution < 1.29 is 9.58 Å². The highest BCUT2D eigenvalue weighted by Crippen LogP contribution is 2.01. The van der Waals surface area contributed by atoms with Crippen molar-refractivity contribution >= 4 is 12.4 Å². The van der Waals surface area contributed by atoms with E-state index in [0.717, 1.165) is 0 Å². The molecular formula is C8H6N4. The van der Waals surface area contributed by atoms with Crippen molar-refractivity contribution in [2.75, 3.05) is 0 Å². The van der Waals surface area contributed by atoms with Crippen LogP contribution in [-0.2, 0) is 0 Å². The Kier molecular flexibility index (Phi) is 2.68. The predicted molar refractivity (Wildman–Crippen MR) is 44.0 cm³/mol. The summed E-state index contributed by atoms with van der Waals surface area (Å²) in [6, 6.07) is 7.09. The Morgan fingerprint density at radius 1 is 0.917 bits per heavy atom. The van der Waals surface area contributed by atoms with Crippen LogP contribution in [0, 0.1) is 0 Å². The van der Waals surface area contributed by atoms with Gasteiger partial charge in [-0.2, -0.15) is 9.58 Å². The van der Waals surface area contributed by atoms with Crippen LogP contribution in [0.1, 0.15) is 11.1 Å². The summed E-state index contributed by atoms with van der Waals surface area (Å²) in [5.74, 6) is 0. The van der Waals surface area contributed by atoms with Crippen LogP contribution in [0.3, 0.4) is 0 Å². The predicted octanol–water partition coefficient (Wildman–Crippen LogP) is 0.984. The third-order valence-electron chi connectivity index (χ3n) is 1.39. The molecule has 0 aromatic heterocycles. The third-order valence-corrected chi connectivity index (χ3v) is 1.39. The van der Waals surface area contributed by atoms with Crippen LogP contribution < -0.4 is 0 Å². The molecule has 12 heavy (non-hydrogen) atoms. The van der Waals surface area contributed by atoms with Gasteiger partial charge in [-0.15, -0.1) is 0 Å². The highest BCUT2D eigenvalue weighted by Gasteiger charge is 2.01. The van der Waals surface area contributed by atoms with Gasteiger partial charge in [0.15, 0.2) is 0 Å². The third kappa shape index (κ3) is 1.73. The van der Waals surface area contributed by atoms with Crippen LogP contribution in [0.25, 0.3) is 11.1 Å². The molecule has 0 aliphatic carbocycles. The smallest absolute Gasteiger partial charge is 0.288 e. The van der Waals surface area contributed by atoms with E-state index in [0.29, 0.717) is 11.1 Å². The van der Waals surface area contributed by atoms with Gasteiger partial charge in [0.25, 0.3) is 12.4 Å². The molecule has 0 unspecified atom stereocenters. The molecule has 0 radical (unpaired) electrons. The normalized spacial score (nSPS) is 8.00. The lowest BCUT2D eigenvalue weighted by Crippen LogP contribution is -1.91. The molecule has 0 amide bonds. The number of hydrogen-bond acceptors (Lipinski definition) is 0. The van der Waals surface area contributed by atoms with E-state index in [4.69, 9.17) is 11.1 Å². The first-order valence-corrected chi connectivity index (χ1v) is 3.32. The molecule has 4 heteroatoms. The zero-order chi connectivity index (χ0) is 8.81. The summed E-state index contributed by atoms with van der Waals surface area (Å²) in [5.41, 5.74) is 17.9. The molecule has 0 spiro atoms. The van der Waals surface area contributed by atoms with E-state index < -0.39 is 0 Å². The lowest BCUT2D eigenvalue weighted by Gasteiger charge is -1.87. The Morgan fingerprint density at radius 2 is 1.33 bits per heavy atom. The van der Waals surface area contributed by atoms with E-state index in [1.165, 1.54) is 12.4 Å². The van der Waals surface area contributed by atoms with E-state index in [9.17, 15) is 0 Å². The van der Waals surface area contributed by atoms with E-state index in [2.05, 4.69) is 9.58 Å². The van der Waals surface area contributed by atoms with Crippen molar-refractivity contribution in [2.24, 2.45) is 0 Å². The van der Waals surface area contributed by atoms with Crippen LogP contribution in [-0.4, -0.2) is 22.0 Å². The van der Waals surface area contributed by atoms with E-state index in [1.807, 2.05) is 0 Å². The summed E-state index contributed by atoms with van der Waals surface area (Å²) in [6.45, 7) is 0. The van der Waals surface area contributed by atoms with Crippen molar-refractivity contribution in [3.05, 3.63) is 46.5 Å². The average Bonchev–Trinajstić information content (AvgIpc) is 2.09. The summed E-state index contributed by atoms with van der Waals surface area (Å²) in [7, 11) is 0. The SMILES string of the molecule is [N-]=[N+]=Cc1ccccc1C=[N+]=[N-]. The Balaban J connectivity index is 3.25. The van der Waals surface area contributed by atoms with Gasteiger partial charge in [0.05, 0.1) is 11.1 Å². The second kappa shape index (κ2) is 3.98. The molecule has 0 atom stereocenters. The first kappa shape index (κ1) is 8.08. The number of hydrogen-bond donors (Lipinski definition) is 0. The maximum absolute atomic E-state index is 8.27. The molecule has 0 aliphatic heterocycles. The summed E-state index contributed by atoms with van der Waals surface area (Å²) < 4.78 is 0. The van der Waals surface area contributed by atoms with E-state index in [-0.39, 0.29) is 0 Å². The quantitative estimate of drug-likeness (QED) is 0.349. The number of nitrogens with zero attached hydrogens (tertiary/aromatic N) is 4. The van der Waals surface area contributed by atoms with Crippen LogP contribution >= 0.6 is 0 Å². The molecule has 0 N–H and O–H groups in total. The Hall–Kier alpha value is -2.02. The lowest BCUT2D eigenvalue weighted by atomic mass is 10.1. The molecule has 1 rings (SSSR count). The molecule has 4 nitrogen and oxygen atoms in total. The maximum atomic E-state index is 8.27. The molecule has 1 aromatic carbocycles. The Bertz CT molecular complexity index is 333. The van der Waals surface area contributed by atoms with Crippen molar-refractivity contribution in [3.63, 3.8) is 0 Å². The van der Waals surface area contributed by atoms with Gasteiger partial charge in [0, 0.05) is 0 Å². The zero-order valence-corrected chi connectivity index (χ0v) is 6.25. The highest BCUT2D eigenvalue weighted by molar-refractivity contribution is 5.90. The fraction of sp³-hybridized carbons (Fsp3) is 0. The van der Waals surface area contributed by atoms with E-state index >= 15 is 0 Å². The summed E-state index contributed by atoms with van der Waals surface area (Å²) in [4.78, 5) is 5.76. The number of benzene rings is 1. The molecular weight excluding hydrogens is 152 g/mol. The maximum Gasteiger partial charge on any atom is 0.288 e. The van der Waals surface area contributed by atoms with Gasteiger partial charge in [0.2, 0.25) is 0 Å².